The third-order valence-corrected chi connectivity index (χ3v) is 2.04. The molecule has 15 heavy (non-hydrogen) atoms. The highest BCUT2D eigenvalue weighted by Crippen LogP contribution is 2.08. The van der Waals surface area contributed by atoms with E-state index in [-0.39, 0.29) is 11.9 Å². The molecule has 0 fully saturated rings. The predicted octanol–water partition coefficient (Wildman–Crippen LogP) is 1.98. The molecule has 80 valence electrons. The van der Waals surface area contributed by atoms with Gasteiger partial charge in [-0.1, -0.05) is 6.92 Å². The van der Waals surface area contributed by atoms with Crippen molar-refractivity contribution in [2.75, 3.05) is 0 Å². The number of carbonyl (C=O) groups excluding carboxylic acids is 1. The standard InChI is InChI=1S/C12H15NO2/c1-4-6-9(3)13-12(14)11-8-7-10(5-2)15-11/h1,7-9H,5-6H2,2-3H3,(H,13,14). The minimum atomic E-state index is -0.211. The van der Waals surface area contributed by atoms with E-state index in [4.69, 9.17) is 10.8 Å². The Morgan fingerprint density at radius 1 is 1.67 bits per heavy atom. The molecule has 1 N–H and O–H groups in total. The lowest BCUT2D eigenvalue weighted by molar-refractivity contribution is 0.0911. The number of rotatable bonds is 4. The maximum atomic E-state index is 11.6. The fraction of sp³-hybridized carbons (Fsp3) is 0.417. The maximum Gasteiger partial charge on any atom is 0.287 e. The summed E-state index contributed by atoms with van der Waals surface area (Å²) >= 11 is 0. The number of hydrogen-bond donors (Lipinski definition) is 1. The minimum absolute atomic E-state index is 0.0299. The molecule has 1 unspecified atom stereocenters. The average Bonchev–Trinajstić information content (AvgIpc) is 2.66. The Morgan fingerprint density at radius 3 is 2.93 bits per heavy atom. The molecular formula is C12H15NO2. The van der Waals surface area contributed by atoms with Gasteiger partial charge < -0.3 is 9.73 Å². The molecule has 0 spiro atoms. The second-order valence-electron chi connectivity index (χ2n) is 3.40. The molecule has 1 heterocycles. The molecule has 1 atom stereocenters. The smallest absolute Gasteiger partial charge is 0.287 e. The average molecular weight is 205 g/mol. The second kappa shape index (κ2) is 5.26. The van der Waals surface area contributed by atoms with Gasteiger partial charge in [0, 0.05) is 18.9 Å². The Hall–Kier alpha value is -1.69. The Labute approximate surface area is 89.9 Å². The van der Waals surface area contributed by atoms with E-state index in [9.17, 15) is 4.79 Å². The van der Waals surface area contributed by atoms with E-state index in [2.05, 4.69) is 11.2 Å². The molecule has 1 aromatic heterocycles. The van der Waals surface area contributed by atoms with Crippen LogP contribution in [-0.2, 0) is 6.42 Å². The van der Waals surface area contributed by atoms with Gasteiger partial charge in [-0.05, 0) is 19.1 Å². The van der Waals surface area contributed by atoms with Gasteiger partial charge in [-0.2, -0.15) is 0 Å². The zero-order valence-electron chi connectivity index (χ0n) is 9.04. The van der Waals surface area contributed by atoms with Gasteiger partial charge >= 0.3 is 0 Å². The van der Waals surface area contributed by atoms with Crippen LogP contribution in [0.3, 0.4) is 0 Å². The lowest BCUT2D eigenvalue weighted by Crippen LogP contribution is -2.31. The summed E-state index contributed by atoms with van der Waals surface area (Å²) < 4.78 is 5.31. The van der Waals surface area contributed by atoms with Crippen molar-refractivity contribution >= 4 is 5.91 Å². The molecule has 0 saturated heterocycles. The van der Waals surface area contributed by atoms with Crippen molar-refractivity contribution in [3.8, 4) is 12.3 Å². The van der Waals surface area contributed by atoms with Crippen LogP contribution in [-0.4, -0.2) is 11.9 Å². The summed E-state index contributed by atoms with van der Waals surface area (Å²) in [5.74, 6) is 3.44. The topological polar surface area (TPSA) is 42.2 Å². The molecule has 0 bridgehead atoms. The lowest BCUT2D eigenvalue weighted by Gasteiger charge is -2.08. The molecule has 0 radical (unpaired) electrons. The van der Waals surface area contributed by atoms with E-state index < -0.39 is 0 Å². The van der Waals surface area contributed by atoms with Gasteiger partial charge in [-0.3, -0.25) is 4.79 Å². The highest BCUT2D eigenvalue weighted by atomic mass is 16.3. The zero-order valence-corrected chi connectivity index (χ0v) is 9.04. The lowest BCUT2D eigenvalue weighted by atomic mass is 10.2. The number of furan rings is 1. The molecule has 3 nitrogen and oxygen atoms in total. The Bertz CT molecular complexity index is 373. The van der Waals surface area contributed by atoms with Crippen LogP contribution in [0.1, 0.15) is 36.6 Å². The number of terminal acetylenes is 1. The largest absolute Gasteiger partial charge is 0.456 e. The predicted molar refractivity (Wildman–Crippen MR) is 58.5 cm³/mol. The van der Waals surface area contributed by atoms with Crippen molar-refractivity contribution < 1.29 is 9.21 Å². The summed E-state index contributed by atoms with van der Waals surface area (Å²) in [6.45, 7) is 3.84. The highest BCUT2D eigenvalue weighted by Gasteiger charge is 2.12. The monoisotopic (exact) mass is 205 g/mol. The van der Waals surface area contributed by atoms with Crippen LogP contribution in [0.4, 0.5) is 0 Å². The summed E-state index contributed by atoms with van der Waals surface area (Å²) in [5.41, 5.74) is 0. The third kappa shape index (κ3) is 3.17. The molecule has 0 aliphatic heterocycles. The van der Waals surface area contributed by atoms with Gasteiger partial charge in [0.25, 0.3) is 5.91 Å². The van der Waals surface area contributed by atoms with E-state index >= 15 is 0 Å². The van der Waals surface area contributed by atoms with Gasteiger partial charge in [0.15, 0.2) is 5.76 Å². The molecule has 0 aromatic carbocycles. The second-order valence-corrected chi connectivity index (χ2v) is 3.40. The van der Waals surface area contributed by atoms with Crippen molar-refractivity contribution in [3.63, 3.8) is 0 Å². The summed E-state index contributed by atoms with van der Waals surface area (Å²) in [6, 6.07) is 3.45. The minimum Gasteiger partial charge on any atom is -0.456 e. The van der Waals surface area contributed by atoms with Gasteiger partial charge in [0.2, 0.25) is 0 Å². The first-order chi connectivity index (χ1) is 7.17. The van der Waals surface area contributed by atoms with Crippen LogP contribution in [0.25, 0.3) is 0 Å². The molecule has 0 aliphatic rings. The molecule has 3 heteroatoms. The van der Waals surface area contributed by atoms with E-state index in [1.165, 1.54) is 0 Å². The van der Waals surface area contributed by atoms with Gasteiger partial charge in [-0.15, -0.1) is 12.3 Å². The first-order valence-corrected chi connectivity index (χ1v) is 5.00. The summed E-state index contributed by atoms with van der Waals surface area (Å²) in [4.78, 5) is 11.6. The first kappa shape index (κ1) is 11.4. The highest BCUT2D eigenvalue weighted by molar-refractivity contribution is 5.91. The fourth-order valence-corrected chi connectivity index (χ4v) is 1.21. The zero-order chi connectivity index (χ0) is 11.3. The van der Waals surface area contributed by atoms with Gasteiger partial charge in [0.05, 0.1) is 0 Å². The third-order valence-electron chi connectivity index (χ3n) is 2.04. The molecule has 0 aliphatic carbocycles. The number of carbonyl (C=O) groups is 1. The van der Waals surface area contributed by atoms with Crippen molar-refractivity contribution in [1.82, 2.24) is 5.32 Å². The van der Waals surface area contributed by atoms with Crippen LogP contribution in [0.15, 0.2) is 16.5 Å². The Balaban J connectivity index is 2.57. The Morgan fingerprint density at radius 2 is 2.40 bits per heavy atom. The van der Waals surface area contributed by atoms with Crippen molar-refractivity contribution in [2.24, 2.45) is 0 Å². The van der Waals surface area contributed by atoms with Crippen molar-refractivity contribution in [2.45, 2.75) is 32.7 Å². The SMILES string of the molecule is C#CCC(C)NC(=O)c1ccc(CC)o1. The number of amides is 1. The maximum absolute atomic E-state index is 11.6. The van der Waals surface area contributed by atoms with Crippen LogP contribution in [0, 0.1) is 12.3 Å². The molecule has 1 amide bonds. The summed E-state index contributed by atoms with van der Waals surface area (Å²) in [5, 5.41) is 2.76. The number of aryl methyl sites for hydroxylation is 1. The quantitative estimate of drug-likeness (QED) is 0.764. The van der Waals surface area contributed by atoms with Crippen LogP contribution < -0.4 is 5.32 Å². The summed E-state index contributed by atoms with van der Waals surface area (Å²) in [6.07, 6.45) is 6.45. The van der Waals surface area contributed by atoms with E-state index in [0.29, 0.717) is 12.2 Å². The molecule has 0 saturated carbocycles. The van der Waals surface area contributed by atoms with Crippen molar-refractivity contribution in [1.29, 1.82) is 0 Å². The van der Waals surface area contributed by atoms with Gasteiger partial charge in [0.1, 0.15) is 5.76 Å². The van der Waals surface area contributed by atoms with E-state index in [1.807, 2.05) is 13.8 Å². The number of hydrogen-bond acceptors (Lipinski definition) is 2. The first-order valence-electron chi connectivity index (χ1n) is 5.00. The molecular weight excluding hydrogens is 190 g/mol. The molecule has 1 aromatic rings. The van der Waals surface area contributed by atoms with E-state index in [0.717, 1.165) is 12.2 Å². The van der Waals surface area contributed by atoms with E-state index in [1.54, 1.807) is 12.1 Å². The summed E-state index contributed by atoms with van der Waals surface area (Å²) in [7, 11) is 0. The Kier molecular flexibility index (Phi) is 3.99. The normalized spacial score (nSPS) is 11.8. The van der Waals surface area contributed by atoms with Crippen LogP contribution in [0.2, 0.25) is 0 Å². The van der Waals surface area contributed by atoms with Crippen molar-refractivity contribution in [3.05, 3.63) is 23.7 Å². The van der Waals surface area contributed by atoms with Crippen LogP contribution >= 0.6 is 0 Å². The number of nitrogens with one attached hydrogen (secondary N) is 1. The molecule has 1 rings (SSSR count). The van der Waals surface area contributed by atoms with Crippen LogP contribution in [0.5, 0.6) is 0 Å². The van der Waals surface area contributed by atoms with Gasteiger partial charge in [-0.25, -0.2) is 0 Å². The fourth-order valence-electron chi connectivity index (χ4n) is 1.21.